The van der Waals surface area contributed by atoms with E-state index in [4.69, 9.17) is 4.74 Å². The predicted octanol–water partition coefficient (Wildman–Crippen LogP) is 2.39. The third-order valence-corrected chi connectivity index (χ3v) is 5.63. The molecule has 5 heteroatoms. The van der Waals surface area contributed by atoms with Gasteiger partial charge in [-0.2, -0.15) is 5.10 Å². The fourth-order valence-corrected chi connectivity index (χ4v) is 4.01. The number of aliphatic hydroxyl groups is 1. The highest BCUT2D eigenvalue weighted by atomic mass is 16.5. The third kappa shape index (κ3) is 3.19. The summed E-state index contributed by atoms with van der Waals surface area (Å²) in [5.41, 5.74) is 1.32. The monoisotopic (exact) mass is 321 g/mol. The van der Waals surface area contributed by atoms with E-state index >= 15 is 0 Å². The molecule has 1 aromatic heterocycles. The van der Waals surface area contributed by atoms with Crippen LogP contribution in [0.2, 0.25) is 0 Å². The average molecular weight is 321 g/mol. The van der Waals surface area contributed by atoms with Crippen LogP contribution < -0.4 is 0 Å². The number of piperidine rings is 1. The molecule has 0 bridgehead atoms. The molecule has 1 saturated carbocycles. The van der Waals surface area contributed by atoms with Crippen molar-refractivity contribution in [2.75, 3.05) is 19.7 Å². The van der Waals surface area contributed by atoms with Crippen LogP contribution in [-0.4, -0.2) is 51.7 Å². The molecule has 2 atom stereocenters. The molecule has 1 spiro atoms. The SMILES string of the molecule is CCOC1CC(O)C12CCN(Cc1cnn(C(C)(C)C)c1)CC2. The van der Waals surface area contributed by atoms with Crippen molar-refractivity contribution in [2.24, 2.45) is 5.41 Å². The largest absolute Gasteiger partial charge is 0.392 e. The molecule has 2 aliphatic rings. The Hall–Kier alpha value is -0.910. The lowest BCUT2D eigenvalue weighted by atomic mass is 9.58. The van der Waals surface area contributed by atoms with Crippen LogP contribution in [0, 0.1) is 5.41 Å². The van der Waals surface area contributed by atoms with Crippen molar-refractivity contribution in [1.82, 2.24) is 14.7 Å². The minimum absolute atomic E-state index is 0.0160. The summed E-state index contributed by atoms with van der Waals surface area (Å²) in [5.74, 6) is 0. The van der Waals surface area contributed by atoms with Gasteiger partial charge in [-0.3, -0.25) is 9.58 Å². The Morgan fingerprint density at radius 2 is 2.04 bits per heavy atom. The minimum atomic E-state index is -0.176. The smallest absolute Gasteiger partial charge is 0.0681 e. The molecule has 130 valence electrons. The standard InChI is InChI=1S/C18H31N3O2/c1-5-23-16-10-15(22)18(16)6-8-20(9-7-18)12-14-11-19-21(13-14)17(2,3)4/h11,13,15-16,22H,5-10,12H2,1-4H3. The molecule has 5 nitrogen and oxygen atoms in total. The molecule has 3 rings (SSSR count). The van der Waals surface area contributed by atoms with Crippen LogP contribution in [0.1, 0.15) is 52.5 Å². The summed E-state index contributed by atoms with van der Waals surface area (Å²) in [7, 11) is 0. The van der Waals surface area contributed by atoms with Crippen molar-refractivity contribution in [2.45, 2.75) is 71.2 Å². The molecule has 2 heterocycles. The van der Waals surface area contributed by atoms with Gasteiger partial charge in [-0.15, -0.1) is 0 Å². The molecular formula is C18H31N3O2. The molecule has 0 radical (unpaired) electrons. The number of hydrogen-bond acceptors (Lipinski definition) is 4. The second-order valence-corrected chi connectivity index (χ2v) is 8.17. The first-order valence-electron chi connectivity index (χ1n) is 8.91. The van der Waals surface area contributed by atoms with Gasteiger partial charge in [-0.25, -0.2) is 0 Å². The normalized spacial score (nSPS) is 28.0. The van der Waals surface area contributed by atoms with Gasteiger partial charge < -0.3 is 9.84 Å². The molecule has 2 fully saturated rings. The van der Waals surface area contributed by atoms with E-state index < -0.39 is 0 Å². The van der Waals surface area contributed by atoms with Crippen molar-refractivity contribution in [1.29, 1.82) is 0 Å². The van der Waals surface area contributed by atoms with Crippen molar-refractivity contribution < 1.29 is 9.84 Å². The summed E-state index contributed by atoms with van der Waals surface area (Å²) >= 11 is 0. The number of hydrogen-bond donors (Lipinski definition) is 1. The maximum absolute atomic E-state index is 10.3. The van der Waals surface area contributed by atoms with Crippen LogP contribution in [0.4, 0.5) is 0 Å². The van der Waals surface area contributed by atoms with Gasteiger partial charge in [0.1, 0.15) is 0 Å². The number of aliphatic hydroxyl groups excluding tert-OH is 1. The Morgan fingerprint density at radius 3 is 2.57 bits per heavy atom. The number of nitrogens with zero attached hydrogens (tertiary/aromatic N) is 3. The summed E-state index contributed by atoms with van der Waals surface area (Å²) in [4.78, 5) is 2.48. The Bertz CT molecular complexity index is 525. The molecule has 1 aromatic rings. The summed E-state index contributed by atoms with van der Waals surface area (Å²) in [6.07, 6.45) is 7.10. The number of ether oxygens (including phenoxy) is 1. The van der Waals surface area contributed by atoms with Crippen molar-refractivity contribution in [3.63, 3.8) is 0 Å². The summed E-state index contributed by atoms with van der Waals surface area (Å²) in [5, 5.41) is 14.8. The van der Waals surface area contributed by atoms with E-state index in [0.717, 1.165) is 45.5 Å². The first-order valence-corrected chi connectivity index (χ1v) is 8.91. The zero-order valence-electron chi connectivity index (χ0n) is 15.0. The van der Waals surface area contributed by atoms with E-state index in [1.807, 2.05) is 17.8 Å². The van der Waals surface area contributed by atoms with Gasteiger partial charge in [0.05, 0.1) is 23.9 Å². The van der Waals surface area contributed by atoms with Gasteiger partial charge in [0.25, 0.3) is 0 Å². The van der Waals surface area contributed by atoms with Gasteiger partial charge in [-0.1, -0.05) is 0 Å². The number of rotatable bonds is 4. The summed E-state index contributed by atoms with van der Waals surface area (Å²) in [6.45, 7) is 12.3. The van der Waals surface area contributed by atoms with Crippen molar-refractivity contribution in [3.05, 3.63) is 18.0 Å². The number of likely N-dealkylation sites (tertiary alicyclic amines) is 1. The Morgan fingerprint density at radius 1 is 1.35 bits per heavy atom. The van der Waals surface area contributed by atoms with Gasteiger partial charge in [-0.05, 0) is 53.6 Å². The molecule has 0 aromatic carbocycles. The fraction of sp³-hybridized carbons (Fsp3) is 0.833. The highest BCUT2D eigenvalue weighted by molar-refractivity contribution is 5.09. The second kappa shape index (κ2) is 6.19. The molecule has 23 heavy (non-hydrogen) atoms. The molecule has 1 saturated heterocycles. The van der Waals surface area contributed by atoms with E-state index in [0.29, 0.717) is 0 Å². The first kappa shape index (κ1) is 16.9. The van der Waals surface area contributed by atoms with Crippen LogP contribution in [-0.2, 0) is 16.8 Å². The van der Waals surface area contributed by atoms with Crippen LogP contribution in [0.5, 0.6) is 0 Å². The van der Waals surface area contributed by atoms with E-state index in [1.165, 1.54) is 5.56 Å². The van der Waals surface area contributed by atoms with Crippen LogP contribution in [0.15, 0.2) is 12.4 Å². The second-order valence-electron chi connectivity index (χ2n) is 8.17. The molecule has 0 amide bonds. The van der Waals surface area contributed by atoms with E-state index in [-0.39, 0.29) is 23.2 Å². The lowest BCUT2D eigenvalue weighted by Crippen LogP contribution is -2.62. The first-order chi connectivity index (χ1) is 10.8. The lowest BCUT2D eigenvalue weighted by Gasteiger charge is -2.56. The van der Waals surface area contributed by atoms with E-state index in [9.17, 15) is 5.11 Å². The summed E-state index contributed by atoms with van der Waals surface area (Å²) < 4.78 is 7.88. The number of aromatic nitrogens is 2. The quantitative estimate of drug-likeness (QED) is 0.925. The van der Waals surface area contributed by atoms with Crippen LogP contribution >= 0.6 is 0 Å². The van der Waals surface area contributed by atoms with Crippen LogP contribution in [0.3, 0.4) is 0 Å². The lowest BCUT2D eigenvalue weighted by molar-refractivity contribution is -0.209. The van der Waals surface area contributed by atoms with Crippen molar-refractivity contribution >= 4 is 0 Å². The topological polar surface area (TPSA) is 50.5 Å². The Balaban J connectivity index is 1.56. The highest BCUT2D eigenvalue weighted by Crippen LogP contribution is 2.51. The molecule has 1 N–H and O–H groups in total. The predicted molar refractivity (Wildman–Crippen MR) is 90.2 cm³/mol. The molecule has 2 unspecified atom stereocenters. The van der Waals surface area contributed by atoms with E-state index in [2.05, 4.69) is 37.0 Å². The molecule has 1 aliphatic heterocycles. The van der Waals surface area contributed by atoms with Gasteiger partial charge in [0.2, 0.25) is 0 Å². The Kier molecular flexibility index (Phi) is 4.55. The molecular weight excluding hydrogens is 290 g/mol. The fourth-order valence-electron chi connectivity index (χ4n) is 4.01. The zero-order chi connectivity index (χ0) is 16.7. The summed E-state index contributed by atoms with van der Waals surface area (Å²) in [6, 6.07) is 0. The average Bonchev–Trinajstić information content (AvgIpc) is 2.97. The maximum Gasteiger partial charge on any atom is 0.0681 e. The zero-order valence-corrected chi connectivity index (χ0v) is 15.0. The van der Waals surface area contributed by atoms with Gasteiger partial charge in [0.15, 0.2) is 0 Å². The van der Waals surface area contributed by atoms with Gasteiger partial charge in [0, 0.05) is 36.7 Å². The van der Waals surface area contributed by atoms with Gasteiger partial charge >= 0.3 is 0 Å². The molecule has 1 aliphatic carbocycles. The Labute approximate surface area is 139 Å². The van der Waals surface area contributed by atoms with E-state index in [1.54, 1.807) is 0 Å². The minimum Gasteiger partial charge on any atom is -0.392 e. The highest BCUT2D eigenvalue weighted by Gasteiger charge is 2.55. The maximum atomic E-state index is 10.3. The van der Waals surface area contributed by atoms with Crippen molar-refractivity contribution in [3.8, 4) is 0 Å². The van der Waals surface area contributed by atoms with Crippen LogP contribution in [0.25, 0.3) is 0 Å². The third-order valence-electron chi connectivity index (χ3n) is 5.63.